The van der Waals surface area contributed by atoms with Crippen LogP contribution in [0.25, 0.3) is 0 Å². The number of ketones is 1. The molecule has 1 atom stereocenters. The third kappa shape index (κ3) is 2.67. The first kappa shape index (κ1) is 15.5. The number of carbonyl (C=O) groups excluding carboxylic acids is 2. The molecule has 0 bridgehead atoms. The Balaban J connectivity index is 1.95. The number of aromatic amines is 2. The smallest absolute Gasteiger partial charge is 0.271 e. The molecular weight excluding hydrogens is 294 g/mol. The molecule has 2 N–H and O–H groups in total. The zero-order chi connectivity index (χ0) is 16.6. The summed E-state index contributed by atoms with van der Waals surface area (Å²) in [7, 11) is 0. The molecule has 1 amide bonds. The summed E-state index contributed by atoms with van der Waals surface area (Å²) in [5.41, 5.74) is 2.58. The number of hydrogen-bond acceptors (Lipinski definition) is 4. The van der Waals surface area contributed by atoms with Crippen LogP contribution in [0.2, 0.25) is 0 Å². The van der Waals surface area contributed by atoms with Crippen molar-refractivity contribution in [1.29, 1.82) is 0 Å². The van der Waals surface area contributed by atoms with Crippen molar-refractivity contribution in [3.05, 3.63) is 34.7 Å². The summed E-state index contributed by atoms with van der Waals surface area (Å²) in [6.45, 7) is 5.85. The Kier molecular flexibility index (Phi) is 4.02. The van der Waals surface area contributed by atoms with Gasteiger partial charge in [-0.25, -0.2) is 4.98 Å². The number of rotatable bonds is 3. The average Bonchev–Trinajstić information content (AvgIpc) is 3.14. The quantitative estimate of drug-likeness (QED) is 0.850. The topological polar surface area (TPSA) is 94.7 Å². The van der Waals surface area contributed by atoms with Crippen molar-refractivity contribution in [3.63, 3.8) is 0 Å². The first-order valence-corrected chi connectivity index (χ1v) is 7.87. The Labute approximate surface area is 134 Å². The lowest BCUT2D eigenvalue weighted by Crippen LogP contribution is -2.39. The predicted molar refractivity (Wildman–Crippen MR) is 84.3 cm³/mol. The molecule has 122 valence electrons. The molecule has 23 heavy (non-hydrogen) atoms. The zero-order valence-electron chi connectivity index (χ0n) is 13.6. The van der Waals surface area contributed by atoms with E-state index in [9.17, 15) is 9.59 Å². The molecule has 2 aromatic rings. The van der Waals surface area contributed by atoms with Crippen molar-refractivity contribution < 1.29 is 9.59 Å². The van der Waals surface area contributed by atoms with Gasteiger partial charge >= 0.3 is 0 Å². The number of nitrogens with zero attached hydrogens (tertiary/aromatic N) is 3. The van der Waals surface area contributed by atoms with Crippen LogP contribution in [0.15, 0.2) is 6.33 Å². The number of carbonyl (C=O) groups is 2. The van der Waals surface area contributed by atoms with Gasteiger partial charge in [0.1, 0.15) is 17.8 Å². The van der Waals surface area contributed by atoms with E-state index in [1.54, 1.807) is 0 Å². The first-order chi connectivity index (χ1) is 11.0. The molecule has 3 rings (SSSR count). The highest BCUT2D eigenvalue weighted by atomic mass is 16.2. The van der Waals surface area contributed by atoms with Crippen LogP contribution in [0.5, 0.6) is 0 Å². The Morgan fingerprint density at radius 1 is 1.30 bits per heavy atom. The number of piperidine rings is 1. The van der Waals surface area contributed by atoms with Crippen LogP contribution in [0.3, 0.4) is 0 Å². The maximum Gasteiger partial charge on any atom is 0.271 e. The summed E-state index contributed by atoms with van der Waals surface area (Å²) in [6.07, 6.45) is 4.34. The summed E-state index contributed by atoms with van der Waals surface area (Å²) < 4.78 is 0. The van der Waals surface area contributed by atoms with E-state index in [1.807, 2.05) is 18.7 Å². The van der Waals surface area contributed by atoms with Crippen LogP contribution in [0.1, 0.15) is 70.2 Å². The molecule has 0 saturated carbocycles. The number of aryl methyl sites for hydroxylation is 1. The van der Waals surface area contributed by atoms with Crippen molar-refractivity contribution in [2.45, 2.75) is 46.1 Å². The van der Waals surface area contributed by atoms with Crippen molar-refractivity contribution >= 4 is 11.7 Å². The Morgan fingerprint density at radius 3 is 2.70 bits per heavy atom. The van der Waals surface area contributed by atoms with Crippen molar-refractivity contribution in [2.24, 2.45) is 0 Å². The lowest BCUT2D eigenvalue weighted by Gasteiger charge is -2.34. The second kappa shape index (κ2) is 5.98. The van der Waals surface area contributed by atoms with Crippen LogP contribution in [-0.4, -0.2) is 43.3 Å². The van der Waals surface area contributed by atoms with Crippen molar-refractivity contribution in [1.82, 2.24) is 25.1 Å². The monoisotopic (exact) mass is 315 g/mol. The van der Waals surface area contributed by atoms with E-state index in [1.165, 1.54) is 13.3 Å². The van der Waals surface area contributed by atoms with E-state index in [0.29, 0.717) is 23.6 Å². The minimum atomic E-state index is -0.0949. The highest BCUT2D eigenvalue weighted by Crippen LogP contribution is 2.31. The van der Waals surface area contributed by atoms with Crippen LogP contribution < -0.4 is 0 Å². The van der Waals surface area contributed by atoms with E-state index >= 15 is 0 Å². The third-order valence-electron chi connectivity index (χ3n) is 4.52. The number of amides is 1. The van der Waals surface area contributed by atoms with E-state index < -0.39 is 0 Å². The van der Waals surface area contributed by atoms with Crippen LogP contribution in [-0.2, 0) is 0 Å². The molecule has 0 radical (unpaired) electrons. The fourth-order valence-corrected chi connectivity index (χ4v) is 3.47. The molecule has 0 aromatic carbocycles. The van der Waals surface area contributed by atoms with Gasteiger partial charge in [0.05, 0.1) is 6.04 Å². The molecule has 3 heterocycles. The Hall–Kier alpha value is -2.44. The minimum Gasteiger partial charge on any atom is -0.354 e. The number of hydrogen-bond donors (Lipinski definition) is 2. The van der Waals surface area contributed by atoms with Crippen LogP contribution >= 0.6 is 0 Å². The average molecular weight is 315 g/mol. The second-order valence-electron chi connectivity index (χ2n) is 6.06. The highest BCUT2D eigenvalue weighted by molar-refractivity contribution is 6.02. The lowest BCUT2D eigenvalue weighted by atomic mass is 10.00. The van der Waals surface area contributed by atoms with E-state index in [4.69, 9.17) is 0 Å². The molecule has 0 aliphatic carbocycles. The maximum atomic E-state index is 13.0. The molecule has 2 aromatic heterocycles. The van der Waals surface area contributed by atoms with Crippen LogP contribution in [0, 0.1) is 13.8 Å². The Morgan fingerprint density at radius 2 is 2.09 bits per heavy atom. The van der Waals surface area contributed by atoms with E-state index in [-0.39, 0.29) is 17.7 Å². The molecule has 0 spiro atoms. The fourth-order valence-electron chi connectivity index (χ4n) is 3.47. The second-order valence-corrected chi connectivity index (χ2v) is 6.06. The Bertz CT molecular complexity index is 732. The molecule has 1 aliphatic rings. The SMILES string of the molecule is CC(=O)c1c(C)[nH]c(C(=O)N2CCCC[C@H]2c2ncn[nH]2)c1C. The van der Waals surface area contributed by atoms with Gasteiger partial charge < -0.3 is 9.88 Å². The van der Waals surface area contributed by atoms with Gasteiger partial charge in [-0.15, -0.1) is 0 Å². The highest BCUT2D eigenvalue weighted by Gasteiger charge is 2.32. The van der Waals surface area contributed by atoms with E-state index in [0.717, 1.165) is 30.5 Å². The van der Waals surface area contributed by atoms with Crippen molar-refractivity contribution in [3.8, 4) is 0 Å². The summed E-state index contributed by atoms with van der Waals surface area (Å²) in [4.78, 5) is 34.0. The molecule has 7 nitrogen and oxygen atoms in total. The summed E-state index contributed by atoms with van der Waals surface area (Å²) in [5.74, 6) is 0.603. The minimum absolute atomic E-state index is 0.0271. The molecule has 7 heteroatoms. The van der Waals surface area contributed by atoms with Crippen molar-refractivity contribution in [2.75, 3.05) is 6.54 Å². The standard InChI is InChI=1S/C16H21N5O2/c1-9-13(11(3)22)10(2)19-14(9)16(23)21-7-5-4-6-12(21)15-17-8-18-20-15/h8,12,19H,4-7H2,1-3H3,(H,17,18,20)/t12-/m0/s1. The van der Waals surface area contributed by atoms with Gasteiger partial charge in [0.25, 0.3) is 5.91 Å². The van der Waals surface area contributed by atoms with Gasteiger partial charge in [-0.2, -0.15) is 5.10 Å². The molecule has 1 aliphatic heterocycles. The summed E-state index contributed by atoms with van der Waals surface area (Å²) in [5, 5.41) is 6.77. The van der Waals surface area contributed by atoms with Gasteiger partial charge in [0.2, 0.25) is 0 Å². The summed E-state index contributed by atoms with van der Waals surface area (Å²) in [6, 6.07) is -0.0949. The van der Waals surface area contributed by atoms with Gasteiger partial charge in [-0.05, 0) is 45.6 Å². The number of nitrogens with one attached hydrogen (secondary N) is 2. The van der Waals surface area contributed by atoms with Crippen LogP contribution in [0.4, 0.5) is 0 Å². The normalized spacial score (nSPS) is 18.2. The number of Topliss-reactive ketones (excluding diaryl/α,β-unsaturated/α-hetero) is 1. The number of aromatic nitrogens is 4. The zero-order valence-corrected chi connectivity index (χ0v) is 13.6. The first-order valence-electron chi connectivity index (χ1n) is 7.87. The molecular formula is C16H21N5O2. The molecule has 0 unspecified atom stereocenters. The molecule has 1 fully saturated rings. The van der Waals surface area contributed by atoms with Gasteiger partial charge in [-0.1, -0.05) is 0 Å². The van der Waals surface area contributed by atoms with Gasteiger partial charge in [0, 0.05) is 17.8 Å². The third-order valence-corrected chi connectivity index (χ3v) is 4.52. The van der Waals surface area contributed by atoms with Gasteiger partial charge in [0.15, 0.2) is 5.78 Å². The fraction of sp³-hybridized carbons (Fsp3) is 0.500. The maximum absolute atomic E-state index is 13.0. The molecule has 1 saturated heterocycles. The lowest BCUT2D eigenvalue weighted by molar-refractivity contribution is 0.0594. The summed E-state index contributed by atoms with van der Waals surface area (Å²) >= 11 is 0. The van der Waals surface area contributed by atoms with E-state index in [2.05, 4.69) is 20.2 Å². The number of likely N-dealkylation sites (tertiary alicyclic amines) is 1. The largest absolute Gasteiger partial charge is 0.354 e. The number of H-pyrrole nitrogens is 2. The predicted octanol–water partition coefficient (Wildman–Crippen LogP) is 2.32. The van der Waals surface area contributed by atoms with Gasteiger partial charge in [-0.3, -0.25) is 14.7 Å².